The highest BCUT2D eigenvalue weighted by Crippen LogP contribution is 2.28. The molecular formula is C20H23Cl2NO3S. The molecule has 0 fully saturated rings. The summed E-state index contributed by atoms with van der Waals surface area (Å²) in [6, 6.07) is 11.2. The molecule has 0 unspecified atom stereocenters. The van der Waals surface area contributed by atoms with E-state index in [1.54, 1.807) is 32.0 Å². The zero-order valence-electron chi connectivity index (χ0n) is 15.4. The van der Waals surface area contributed by atoms with Crippen LogP contribution in [-0.2, 0) is 17.0 Å². The summed E-state index contributed by atoms with van der Waals surface area (Å²) in [5.41, 5.74) is 2.08. The van der Waals surface area contributed by atoms with Gasteiger partial charge in [-0.15, -0.1) is 0 Å². The molecule has 1 N–H and O–H groups in total. The minimum Gasteiger partial charge on any atom is -0.493 e. The fraction of sp³-hybridized carbons (Fsp3) is 0.350. The summed E-state index contributed by atoms with van der Waals surface area (Å²) in [7, 11) is 3.20. The first-order chi connectivity index (χ1) is 13.0. The minimum atomic E-state index is 0.0370. The summed E-state index contributed by atoms with van der Waals surface area (Å²) in [6.07, 6.45) is 1.09. The number of aryl methyl sites for hydroxylation is 1. The number of carbonyl (C=O) groups excluding carboxylic acids is 1. The van der Waals surface area contributed by atoms with Gasteiger partial charge in [-0.3, -0.25) is 4.79 Å². The van der Waals surface area contributed by atoms with E-state index in [1.807, 2.05) is 30.3 Å². The van der Waals surface area contributed by atoms with Crippen LogP contribution < -0.4 is 14.8 Å². The molecule has 0 spiro atoms. The molecule has 0 atom stereocenters. The van der Waals surface area contributed by atoms with E-state index in [2.05, 4.69) is 5.32 Å². The lowest BCUT2D eigenvalue weighted by molar-refractivity contribution is -0.120. The zero-order valence-corrected chi connectivity index (χ0v) is 17.7. The van der Waals surface area contributed by atoms with E-state index in [0.717, 1.165) is 22.6 Å². The summed E-state index contributed by atoms with van der Waals surface area (Å²) in [5.74, 6) is 3.00. The lowest BCUT2D eigenvalue weighted by Crippen LogP contribution is -2.25. The van der Waals surface area contributed by atoms with Gasteiger partial charge in [0.1, 0.15) is 0 Å². The van der Waals surface area contributed by atoms with E-state index in [1.165, 1.54) is 0 Å². The summed E-state index contributed by atoms with van der Waals surface area (Å²) >= 11 is 13.8. The highest BCUT2D eigenvalue weighted by atomic mass is 35.5. The number of amides is 1. The molecule has 0 aliphatic carbocycles. The molecule has 1 amide bonds. The molecule has 0 saturated carbocycles. The molecule has 0 radical (unpaired) electrons. The minimum absolute atomic E-state index is 0.0370. The smallest absolute Gasteiger partial charge is 0.220 e. The van der Waals surface area contributed by atoms with Crippen LogP contribution in [0.3, 0.4) is 0 Å². The Hall–Kier alpha value is -1.56. The van der Waals surface area contributed by atoms with Gasteiger partial charge in [-0.2, -0.15) is 11.8 Å². The molecule has 2 rings (SSSR count). The van der Waals surface area contributed by atoms with Gasteiger partial charge >= 0.3 is 0 Å². The SMILES string of the molecule is COc1ccc(CCC(=O)NCCSCc2ccc(Cl)cc2Cl)cc1OC. The summed E-state index contributed by atoms with van der Waals surface area (Å²) in [4.78, 5) is 12.0. The molecule has 0 aromatic heterocycles. The Bertz CT molecular complexity index is 771. The van der Waals surface area contributed by atoms with Gasteiger partial charge in [0.15, 0.2) is 11.5 Å². The number of halogens is 2. The molecule has 2 aromatic rings. The van der Waals surface area contributed by atoms with Gasteiger partial charge in [-0.25, -0.2) is 0 Å². The summed E-state index contributed by atoms with van der Waals surface area (Å²) in [5, 5.41) is 4.25. The van der Waals surface area contributed by atoms with Crippen molar-refractivity contribution in [2.45, 2.75) is 18.6 Å². The highest BCUT2D eigenvalue weighted by Gasteiger charge is 2.07. The molecule has 0 heterocycles. The van der Waals surface area contributed by atoms with E-state index in [-0.39, 0.29) is 5.91 Å². The van der Waals surface area contributed by atoms with Crippen molar-refractivity contribution in [1.82, 2.24) is 5.32 Å². The van der Waals surface area contributed by atoms with Crippen molar-refractivity contribution in [3.63, 3.8) is 0 Å². The molecule has 2 aromatic carbocycles. The molecular weight excluding hydrogens is 405 g/mol. The van der Waals surface area contributed by atoms with Crippen LogP contribution >= 0.6 is 35.0 Å². The maximum atomic E-state index is 12.0. The van der Waals surface area contributed by atoms with Crippen molar-refractivity contribution in [3.05, 3.63) is 57.6 Å². The van der Waals surface area contributed by atoms with Crippen LogP contribution in [0.25, 0.3) is 0 Å². The van der Waals surface area contributed by atoms with E-state index in [0.29, 0.717) is 40.9 Å². The number of methoxy groups -OCH3 is 2. The molecule has 0 aliphatic heterocycles. The number of hydrogen-bond donors (Lipinski definition) is 1. The first-order valence-electron chi connectivity index (χ1n) is 8.52. The van der Waals surface area contributed by atoms with Crippen LogP contribution in [0.1, 0.15) is 17.5 Å². The molecule has 146 valence electrons. The Kier molecular flexibility index (Phi) is 9.11. The maximum Gasteiger partial charge on any atom is 0.220 e. The quantitative estimate of drug-likeness (QED) is 0.542. The lowest BCUT2D eigenvalue weighted by atomic mass is 10.1. The molecule has 0 bridgehead atoms. The molecule has 0 aliphatic rings. The van der Waals surface area contributed by atoms with Crippen molar-refractivity contribution in [2.24, 2.45) is 0 Å². The number of hydrogen-bond acceptors (Lipinski definition) is 4. The zero-order chi connectivity index (χ0) is 19.6. The summed E-state index contributed by atoms with van der Waals surface area (Å²) < 4.78 is 10.5. The number of benzene rings is 2. The highest BCUT2D eigenvalue weighted by molar-refractivity contribution is 7.98. The number of rotatable bonds is 10. The standard InChI is InChI=1S/C20H23Cl2NO3S/c1-25-18-7-3-14(11-19(18)26-2)4-8-20(24)23-9-10-27-13-15-5-6-16(21)12-17(15)22/h3,5-7,11-12H,4,8-10,13H2,1-2H3,(H,23,24). The monoisotopic (exact) mass is 427 g/mol. The third-order valence-corrected chi connectivity index (χ3v) is 5.52. The van der Waals surface area contributed by atoms with E-state index in [9.17, 15) is 4.79 Å². The Morgan fingerprint density at radius 3 is 2.56 bits per heavy atom. The van der Waals surface area contributed by atoms with Gasteiger partial charge in [0.2, 0.25) is 5.91 Å². The molecule has 0 saturated heterocycles. The van der Waals surface area contributed by atoms with Crippen molar-refractivity contribution < 1.29 is 14.3 Å². The van der Waals surface area contributed by atoms with Crippen LogP contribution in [0, 0.1) is 0 Å². The second kappa shape index (κ2) is 11.3. The second-order valence-electron chi connectivity index (χ2n) is 5.83. The fourth-order valence-electron chi connectivity index (χ4n) is 2.47. The summed E-state index contributed by atoms with van der Waals surface area (Å²) in [6.45, 7) is 0.626. The van der Waals surface area contributed by atoms with Crippen molar-refractivity contribution in [3.8, 4) is 11.5 Å². The number of nitrogens with one attached hydrogen (secondary N) is 1. The normalized spacial score (nSPS) is 10.5. The van der Waals surface area contributed by atoms with E-state index in [4.69, 9.17) is 32.7 Å². The molecule has 7 heteroatoms. The Balaban J connectivity index is 1.66. The molecule has 27 heavy (non-hydrogen) atoms. The van der Waals surface area contributed by atoms with Crippen LogP contribution in [0.15, 0.2) is 36.4 Å². The third kappa shape index (κ3) is 7.17. The largest absolute Gasteiger partial charge is 0.493 e. The van der Waals surface area contributed by atoms with Crippen LogP contribution in [0.5, 0.6) is 11.5 Å². The first kappa shape index (κ1) is 21.7. The van der Waals surface area contributed by atoms with Crippen LogP contribution in [0.2, 0.25) is 10.0 Å². The van der Waals surface area contributed by atoms with Gasteiger partial charge in [0.05, 0.1) is 14.2 Å². The van der Waals surface area contributed by atoms with Gasteiger partial charge in [0.25, 0.3) is 0 Å². The molecule has 4 nitrogen and oxygen atoms in total. The fourth-order valence-corrected chi connectivity index (χ4v) is 3.88. The third-order valence-electron chi connectivity index (χ3n) is 3.93. The maximum absolute atomic E-state index is 12.0. The van der Waals surface area contributed by atoms with Crippen LogP contribution in [0.4, 0.5) is 0 Å². The van der Waals surface area contributed by atoms with Crippen LogP contribution in [-0.4, -0.2) is 32.4 Å². The van der Waals surface area contributed by atoms with E-state index >= 15 is 0 Å². The number of carbonyl (C=O) groups is 1. The Labute approximate surface area is 174 Å². The van der Waals surface area contributed by atoms with Gasteiger partial charge in [-0.05, 0) is 41.8 Å². The average Bonchev–Trinajstić information content (AvgIpc) is 2.67. The predicted octanol–water partition coefficient (Wildman–Crippen LogP) is 4.99. The Morgan fingerprint density at radius 2 is 1.85 bits per heavy atom. The van der Waals surface area contributed by atoms with Gasteiger partial charge in [-0.1, -0.05) is 35.3 Å². The number of ether oxygens (including phenoxy) is 2. The Morgan fingerprint density at radius 1 is 1.07 bits per heavy atom. The van der Waals surface area contributed by atoms with Crippen molar-refractivity contribution in [2.75, 3.05) is 26.5 Å². The second-order valence-corrected chi connectivity index (χ2v) is 7.78. The van der Waals surface area contributed by atoms with Gasteiger partial charge < -0.3 is 14.8 Å². The average molecular weight is 428 g/mol. The van der Waals surface area contributed by atoms with E-state index < -0.39 is 0 Å². The predicted molar refractivity (Wildman–Crippen MR) is 114 cm³/mol. The lowest BCUT2D eigenvalue weighted by Gasteiger charge is -2.10. The topological polar surface area (TPSA) is 47.6 Å². The van der Waals surface area contributed by atoms with Crippen molar-refractivity contribution in [1.29, 1.82) is 0 Å². The first-order valence-corrected chi connectivity index (χ1v) is 10.4. The van der Waals surface area contributed by atoms with Gasteiger partial charge in [0, 0.05) is 34.5 Å². The number of thioether (sulfide) groups is 1. The van der Waals surface area contributed by atoms with Crippen molar-refractivity contribution >= 4 is 40.9 Å².